The minimum Gasteiger partial charge on any atom is -0.508 e. The molecule has 1 heterocycles. The molecule has 5 heteroatoms. The molecule has 1 saturated carbocycles. The Hall–Kier alpha value is -1.95. The van der Waals surface area contributed by atoms with Crippen LogP contribution in [0.15, 0.2) is 48.5 Å². The van der Waals surface area contributed by atoms with E-state index in [2.05, 4.69) is 4.90 Å². The van der Waals surface area contributed by atoms with Crippen LogP contribution in [-0.4, -0.2) is 45.5 Å². The number of aliphatic hydroxyl groups is 2. The predicted octanol–water partition coefficient (Wildman–Crippen LogP) is 2.88. The Bertz CT molecular complexity index is 763. The molecule has 27 heavy (non-hydrogen) atoms. The van der Waals surface area contributed by atoms with Crippen molar-refractivity contribution >= 4 is 0 Å². The van der Waals surface area contributed by atoms with E-state index in [4.69, 9.17) is 0 Å². The van der Waals surface area contributed by atoms with Gasteiger partial charge in [-0.3, -0.25) is 4.90 Å². The van der Waals surface area contributed by atoms with Gasteiger partial charge in [0.2, 0.25) is 0 Å². The fourth-order valence-corrected chi connectivity index (χ4v) is 4.88. The Kier molecular flexibility index (Phi) is 4.93. The van der Waals surface area contributed by atoms with Gasteiger partial charge in [0.25, 0.3) is 0 Å². The summed E-state index contributed by atoms with van der Waals surface area (Å²) in [6, 6.07) is 13.1. The lowest BCUT2D eigenvalue weighted by Gasteiger charge is -2.27. The van der Waals surface area contributed by atoms with E-state index in [1.807, 2.05) is 0 Å². The van der Waals surface area contributed by atoms with Crippen molar-refractivity contribution in [1.29, 1.82) is 0 Å². The number of hydrogen-bond acceptors (Lipinski definition) is 4. The van der Waals surface area contributed by atoms with E-state index < -0.39 is 11.7 Å². The molecular weight excluding hydrogens is 345 g/mol. The Morgan fingerprint density at radius 1 is 1.00 bits per heavy atom. The summed E-state index contributed by atoms with van der Waals surface area (Å²) in [5.74, 6) is 0.809. The molecule has 0 radical (unpaired) electrons. The summed E-state index contributed by atoms with van der Waals surface area (Å²) in [6.45, 7) is 2.32. The number of phenols is 1. The van der Waals surface area contributed by atoms with Crippen LogP contribution >= 0.6 is 0 Å². The van der Waals surface area contributed by atoms with Crippen molar-refractivity contribution in [3.05, 3.63) is 65.5 Å². The molecule has 4 nitrogen and oxygen atoms in total. The van der Waals surface area contributed by atoms with Crippen LogP contribution in [0.1, 0.15) is 30.1 Å². The number of aliphatic hydroxyl groups excluding tert-OH is 1. The van der Waals surface area contributed by atoms with E-state index in [0.29, 0.717) is 24.8 Å². The van der Waals surface area contributed by atoms with E-state index in [9.17, 15) is 19.7 Å². The van der Waals surface area contributed by atoms with Crippen molar-refractivity contribution in [2.45, 2.75) is 31.0 Å². The monoisotopic (exact) mass is 371 g/mol. The lowest BCUT2D eigenvalue weighted by atomic mass is 9.91. The van der Waals surface area contributed by atoms with Gasteiger partial charge in [0.15, 0.2) is 0 Å². The number of β-amino-alcohol motifs (C(OH)–C–C–N with tert-alkyl or cyclic N) is 1. The summed E-state index contributed by atoms with van der Waals surface area (Å²) in [7, 11) is 0. The molecule has 2 fully saturated rings. The van der Waals surface area contributed by atoms with Crippen molar-refractivity contribution < 1.29 is 19.7 Å². The maximum absolute atomic E-state index is 13.1. The number of likely N-dealkylation sites (tertiary alicyclic amines) is 1. The Balaban J connectivity index is 1.32. The highest BCUT2D eigenvalue weighted by molar-refractivity contribution is 5.27. The van der Waals surface area contributed by atoms with Gasteiger partial charge in [0.05, 0.1) is 11.7 Å². The molecule has 2 aromatic carbocycles. The zero-order valence-electron chi connectivity index (χ0n) is 15.3. The zero-order chi connectivity index (χ0) is 19.0. The molecule has 4 rings (SSSR count). The van der Waals surface area contributed by atoms with E-state index in [1.165, 1.54) is 12.1 Å². The molecule has 0 spiro atoms. The largest absolute Gasteiger partial charge is 0.508 e. The number of rotatable bonds is 5. The Labute approximate surface area is 158 Å². The van der Waals surface area contributed by atoms with Crippen LogP contribution in [0.2, 0.25) is 0 Å². The van der Waals surface area contributed by atoms with Crippen molar-refractivity contribution in [1.82, 2.24) is 4.90 Å². The highest BCUT2D eigenvalue weighted by atomic mass is 19.1. The zero-order valence-corrected chi connectivity index (χ0v) is 15.3. The normalized spacial score (nSPS) is 29.0. The SMILES string of the molecule is Oc1ccc(C(O)CN2CC3CC(O)(Cc4ccc(F)cc4)CC3C2)cc1. The molecular formula is C22H26FNO3. The van der Waals surface area contributed by atoms with Crippen LogP contribution in [0.3, 0.4) is 0 Å². The molecule has 1 aliphatic heterocycles. The third-order valence-corrected chi connectivity index (χ3v) is 6.09. The first-order valence-electron chi connectivity index (χ1n) is 9.56. The quantitative estimate of drug-likeness (QED) is 0.756. The van der Waals surface area contributed by atoms with Crippen LogP contribution in [-0.2, 0) is 6.42 Å². The molecule has 3 unspecified atom stereocenters. The maximum atomic E-state index is 13.1. The molecule has 2 aromatic rings. The number of benzene rings is 2. The van der Waals surface area contributed by atoms with Crippen LogP contribution < -0.4 is 0 Å². The number of hydrogen-bond donors (Lipinski definition) is 3. The summed E-state index contributed by atoms with van der Waals surface area (Å²) >= 11 is 0. The lowest BCUT2D eigenvalue weighted by molar-refractivity contribution is 0.0328. The third kappa shape index (κ3) is 4.15. The van der Waals surface area contributed by atoms with Crippen molar-refractivity contribution in [2.24, 2.45) is 11.8 Å². The predicted molar refractivity (Wildman–Crippen MR) is 101 cm³/mol. The van der Waals surface area contributed by atoms with Crippen molar-refractivity contribution in [2.75, 3.05) is 19.6 Å². The first-order valence-corrected chi connectivity index (χ1v) is 9.56. The standard InChI is InChI=1S/C22H26FNO3/c23-19-5-1-15(2-6-19)9-22(27)10-17-12-24(13-18(17)11-22)14-21(26)16-3-7-20(25)8-4-16/h1-8,17-18,21,25-27H,9-14H2. The van der Waals surface area contributed by atoms with Crippen molar-refractivity contribution in [3.8, 4) is 5.75 Å². The van der Waals surface area contributed by atoms with Crippen LogP contribution in [0.25, 0.3) is 0 Å². The van der Waals surface area contributed by atoms with Gasteiger partial charge in [0, 0.05) is 26.1 Å². The van der Waals surface area contributed by atoms with Gasteiger partial charge >= 0.3 is 0 Å². The fourth-order valence-electron chi connectivity index (χ4n) is 4.88. The van der Waals surface area contributed by atoms with E-state index >= 15 is 0 Å². The van der Waals surface area contributed by atoms with Gasteiger partial charge in [-0.2, -0.15) is 0 Å². The molecule has 3 atom stereocenters. The highest BCUT2D eigenvalue weighted by Crippen LogP contribution is 2.45. The highest BCUT2D eigenvalue weighted by Gasteiger charge is 2.48. The van der Waals surface area contributed by atoms with Gasteiger partial charge in [0.1, 0.15) is 11.6 Å². The molecule has 0 amide bonds. The second-order valence-electron chi connectivity index (χ2n) is 8.28. The summed E-state index contributed by atoms with van der Waals surface area (Å²) in [6.07, 6.45) is 1.49. The van der Waals surface area contributed by atoms with Crippen LogP contribution in [0, 0.1) is 17.7 Å². The number of nitrogens with zero attached hydrogens (tertiary/aromatic N) is 1. The summed E-state index contributed by atoms with van der Waals surface area (Å²) in [4.78, 5) is 2.27. The van der Waals surface area contributed by atoms with Crippen molar-refractivity contribution in [3.63, 3.8) is 0 Å². The summed E-state index contributed by atoms with van der Waals surface area (Å²) < 4.78 is 13.1. The van der Waals surface area contributed by atoms with E-state index in [0.717, 1.165) is 37.1 Å². The summed E-state index contributed by atoms with van der Waals surface area (Å²) in [5, 5.41) is 30.8. The Morgan fingerprint density at radius 2 is 1.59 bits per heavy atom. The van der Waals surface area contributed by atoms with E-state index in [1.54, 1.807) is 36.4 Å². The molecule has 1 aliphatic carbocycles. The third-order valence-electron chi connectivity index (χ3n) is 6.09. The maximum Gasteiger partial charge on any atom is 0.123 e. The number of aromatic hydroxyl groups is 1. The molecule has 0 bridgehead atoms. The fraction of sp³-hybridized carbons (Fsp3) is 0.455. The van der Waals surface area contributed by atoms with Gasteiger partial charge in [-0.15, -0.1) is 0 Å². The van der Waals surface area contributed by atoms with Gasteiger partial charge < -0.3 is 15.3 Å². The smallest absolute Gasteiger partial charge is 0.123 e. The second-order valence-corrected chi connectivity index (χ2v) is 8.28. The Morgan fingerprint density at radius 3 is 2.19 bits per heavy atom. The molecule has 0 aromatic heterocycles. The average molecular weight is 371 g/mol. The van der Waals surface area contributed by atoms with Gasteiger partial charge in [-0.05, 0) is 60.1 Å². The molecule has 144 valence electrons. The number of fused-ring (bicyclic) bond motifs is 1. The summed E-state index contributed by atoms with van der Waals surface area (Å²) in [5.41, 5.74) is 1.06. The van der Waals surface area contributed by atoms with Gasteiger partial charge in [-0.25, -0.2) is 4.39 Å². The first-order chi connectivity index (χ1) is 12.9. The van der Waals surface area contributed by atoms with Crippen LogP contribution in [0.5, 0.6) is 5.75 Å². The molecule has 3 N–H and O–H groups in total. The van der Waals surface area contributed by atoms with E-state index in [-0.39, 0.29) is 11.6 Å². The number of phenolic OH excluding ortho intramolecular Hbond substituents is 1. The first kappa shape index (κ1) is 18.4. The minimum absolute atomic E-state index is 0.196. The molecule has 1 saturated heterocycles. The van der Waals surface area contributed by atoms with Crippen LogP contribution in [0.4, 0.5) is 4.39 Å². The van der Waals surface area contributed by atoms with Gasteiger partial charge in [-0.1, -0.05) is 24.3 Å². The topological polar surface area (TPSA) is 63.9 Å². The molecule has 2 aliphatic rings. The average Bonchev–Trinajstić information content (AvgIpc) is 3.11. The number of halogens is 1. The minimum atomic E-state index is -0.713. The second kappa shape index (κ2) is 7.23. The lowest BCUT2D eigenvalue weighted by Crippen LogP contribution is -2.33.